The number of halogens is 1. The number of carbonyl (C=O) groups excluding carboxylic acids is 3. The Morgan fingerprint density at radius 1 is 1.15 bits per heavy atom. The van der Waals surface area contributed by atoms with E-state index in [4.69, 9.17) is 11.6 Å². The number of anilines is 2. The van der Waals surface area contributed by atoms with Gasteiger partial charge in [-0.2, -0.15) is 0 Å². The number of amides is 3. The smallest absolute Gasteiger partial charge is 0.289 e. The molecule has 0 unspecified atom stereocenters. The molecular weight excluding hydrogens is 448 g/mol. The van der Waals surface area contributed by atoms with Crippen molar-refractivity contribution in [3.05, 3.63) is 62.7 Å². The van der Waals surface area contributed by atoms with Gasteiger partial charge in [0.25, 0.3) is 5.69 Å². The average Bonchev–Trinajstić information content (AvgIpc) is 3.47. The second-order valence-corrected chi connectivity index (χ2v) is 9.49. The molecule has 4 heterocycles. The van der Waals surface area contributed by atoms with Crippen LogP contribution < -0.4 is 10.2 Å². The first-order valence-corrected chi connectivity index (χ1v) is 11.2. The van der Waals surface area contributed by atoms with E-state index in [0.717, 1.165) is 28.5 Å². The normalized spacial score (nSPS) is 30.1. The van der Waals surface area contributed by atoms with Crippen LogP contribution in [0, 0.1) is 28.9 Å². The molecule has 0 aliphatic carbocycles. The molecule has 4 atom stereocenters. The third-order valence-electron chi connectivity index (χ3n) is 7.53. The second-order valence-electron chi connectivity index (χ2n) is 9.08. The highest BCUT2D eigenvalue weighted by molar-refractivity contribution is 6.33. The fourth-order valence-corrected chi connectivity index (χ4v) is 6.54. The lowest BCUT2D eigenvalue weighted by molar-refractivity contribution is -0.384. The predicted molar refractivity (Wildman–Crippen MR) is 119 cm³/mol. The molecule has 0 saturated carbocycles. The van der Waals surface area contributed by atoms with E-state index in [1.165, 1.54) is 12.1 Å². The number of benzene rings is 2. The highest BCUT2D eigenvalue weighted by Crippen LogP contribution is 2.60. The number of hydrogen-bond donors (Lipinski definition) is 1. The molecule has 33 heavy (non-hydrogen) atoms. The van der Waals surface area contributed by atoms with E-state index >= 15 is 0 Å². The van der Waals surface area contributed by atoms with Gasteiger partial charge in [0, 0.05) is 23.4 Å². The van der Waals surface area contributed by atoms with E-state index in [1.54, 1.807) is 0 Å². The highest BCUT2D eigenvalue weighted by Gasteiger charge is 2.74. The van der Waals surface area contributed by atoms with Gasteiger partial charge in [0.05, 0.1) is 22.4 Å². The Morgan fingerprint density at radius 3 is 2.70 bits per heavy atom. The largest absolute Gasteiger partial charge is 0.324 e. The number of carbonyl (C=O) groups is 3. The topological polar surface area (TPSA) is 113 Å². The second kappa shape index (κ2) is 6.61. The number of nitro benzene ring substituents is 1. The van der Waals surface area contributed by atoms with Gasteiger partial charge in [0.2, 0.25) is 17.7 Å². The van der Waals surface area contributed by atoms with Gasteiger partial charge in [0.15, 0.2) is 0 Å². The van der Waals surface area contributed by atoms with Crippen molar-refractivity contribution in [2.24, 2.45) is 11.8 Å². The van der Waals surface area contributed by atoms with Gasteiger partial charge >= 0.3 is 0 Å². The summed E-state index contributed by atoms with van der Waals surface area (Å²) >= 11 is 5.94. The molecule has 10 heteroatoms. The van der Waals surface area contributed by atoms with E-state index in [1.807, 2.05) is 30.0 Å². The molecule has 168 valence electrons. The van der Waals surface area contributed by atoms with Crippen LogP contribution in [0.3, 0.4) is 0 Å². The highest BCUT2D eigenvalue weighted by atomic mass is 35.5. The van der Waals surface area contributed by atoms with E-state index in [0.29, 0.717) is 18.7 Å². The predicted octanol–water partition coefficient (Wildman–Crippen LogP) is 2.99. The van der Waals surface area contributed by atoms with Crippen LogP contribution in [0.2, 0.25) is 5.02 Å². The van der Waals surface area contributed by atoms with Gasteiger partial charge in [-0.05, 0) is 44.5 Å². The summed E-state index contributed by atoms with van der Waals surface area (Å²) in [7, 11) is 0. The molecule has 1 N–H and O–H groups in total. The molecule has 2 aromatic rings. The van der Waals surface area contributed by atoms with Gasteiger partial charge in [-0.15, -0.1) is 0 Å². The SMILES string of the molecule is Cc1ccc2c(c1)[C@@]1(C(=O)N2)[C@@H]2C(=O)N(c3ccc(Cl)c([N+](=O)[O-])c3)C(=O)[C@@H]2[C@H]2CCCN21. The maximum absolute atomic E-state index is 13.9. The van der Waals surface area contributed by atoms with Crippen LogP contribution in [0.15, 0.2) is 36.4 Å². The van der Waals surface area contributed by atoms with Crippen LogP contribution in [0.5, 0.6) is 0 Å². The number of imide groups is 1. The minimum absolute atomic E-state index is 0.0824. The molecule has 6 rings (SSSR count). The van der Waals surface area contributed by atoms with Crippen molar-refractivity contribution in [1.82, 2.24) is 4.90 Å². The zero-order chi connectivity index (χ0) is 23.2. The number of aryl methyl sites for hydroxylation is 1. The Bertz CT molecular complexity index is 1300. The third-order valence-corrected chi connectivity index (χ3v) is 7.85. The molecular formula is C23H19ClN4O5. The molecule has 1 spiro atoms. The molecule has 2 aromatic carbocycles. The molecule has 3 amide bonds. The van der Waals surface area contributed by atoms with Crippen molar-refractivity contribution in [2.75, 3.05) is 16.8 Å². The molecule has 0 bridgehead atoms. The summed E-state index contributed by atoms with van der Waals surface area (Å²) < 4.78 is 0. The van der Waals surface area contributed by atoms with Crippen LogP contribution in [-0.2, 0) is 19.9 Å². The molecule has 4 aliphatic heterocycles. The Kier molecular flexibility index (Phi) is 4.07. The summed E-state index contributed by atoms with van der Waals surface area (Å²) in [5.41, 5.74) is 0.759. The van der Waals surface area contributed by atoms with Gasteiger partial charge in [-0.25, -0.2) is 4.90 Å². The van der Waals surface area contributed by atoms with Crippen molar-refractivity contribution < 1.29 is 19.3 Å². The summed E-state index contributed by atoms with van der Waals surface area (Å²) in [6, 6.07) is 9.27. The summed E-state index contributed by atoms with van der Waals surface area (Å²) in [6.07, 6.45) is 1.52. The first kappa shape index (κ1) is 20.3. The number of hydrogen-bond acceptors (Lipinski definition) is 6. The van der Waals surface area contributed by atoms with Crippen molar-refractivity contribution in [3.8, 4) is 0 Å². The Balaban J connectivity index is 1.54. The molecule has 0 radical (unpaired) electrons. The van der Waals surface area contributed by atoms with Crippen molar-refractivity contribution in [2.45, 2.75) is 31.3 Å². The van der Waals surface area contributed by atoms with Gasteiger partial charge in [-0.1, -0.05) is 29.3 Å². The molecule has 3 fully saturated rings. The lowest BCUT2D eigenvalue weighted by Crippen LogP contribution is -2.54. The Hall–Kier alpha value is -3.30. The molecule has 4 aliphatic rings. The number of fused-ring (bicyclic) bond motifs is 7. The van der Waals surface area contributed by atoms with Gasteiger partial charge in [-0.3, -0.25) is 29.4 Å². The summed E-state index contributed by atoms with van der Waals surface area (Å²) in [4.78, 5) is 55.0. The number of nitrogens with zero attached hydrogens (tertiary/aromatic N) is 3. The zero-order valence-corrected chi connectivity index (χ0v) is 18.3. The van der Waals surface area contributed by atoms with Crippen molar-refractivity contribution in [3.63, 3.8) is 0 Å². The Morgan fingerprint density at radius 2 is 1.94 bits per heavy atom. The van der Waals surface area contributed by atoms with E-state index in [2.05, 4.69) is 5.32 Å². The molecule has 9 nitrogen and oxygen atoms in total. The number of nitrogens with one attached hydrogen (secondary N) is 1. The van der Waals surface area contributed by atoms with Crippen molar-refractivity contribution in [1.29, 1.82) is 0 Å². The fourth-order valence-electron chi connectivity index (χ4n) is 6.35. The summed E-state index contributed by atoms with van der Waals surface area (Å²) in [6.45, 7) is 2.54. The van der Waals surface area contributed by atoms with Gasteiger partial charge in [0.1, 0.15) is 10.6 Å². The van der Waals surface area contributed by atoms with Crippen LogP contribution in [0.4, 0.5) is 17.1 Å². The maximum atomic E-state index is 13.9. The van der Waals surface area contributed by atoms with E-state index in [-0.39, 0.29) is 28.3 Å². The molecule has 0 aromatic heterocycles. The monoisotopic (exact) mass is 466 g/mol. The third kappa shape index (κ3) is 2.38. The minimum Gasteiger partial charge on any atom is -0.324 e. The van der Waals surface area contributed by atoms with Crippen LogP contribution in [0.25, 0.3) is 0 Å². The van der Waals surface area contributed by atoms with Gasteiger partial charge < -0.3 is 5.32 Å². The quantitative estimate of drug-likeness (QED) is 0.413. The first-order chi connectivity index (χ1) is 15.8. The number of rotatable bonds is 2. The number of nitro groups is 1. The van der Waals surface area contributed by atoms with E-state index in [9.17, 15) is 24.5 Å². The van der Waals surface area contributed by atoms with Crippen molar-refractivity contribution >= 4 is 46.4 Å². The first-order valence-electron chi connectivity index (χ1n) is 10.8. The van der Waals surface area contributed by atoms with Crippen LogP contribution in [-0.4, -0.2) is 40.1 Å². The minimum atomic E-state index is -1.27. The Labute approximate surface area is 193 Å². The summed E-state index contributed by atoms with van der Waals surface area (Å²) in [5, 5.41) is 14.2. The maximum Gasteiger partial charge on any atom is 0.289 e. The average molecular weight is 467 g/mol. The zero-order valence-electron chi connectivity index (χ0n) is 17.6. The summed E-state index contributed by atoms with van der Waals surface area (Å²) in [5.74, 6) is -2.85. The molecule has 3 saturated heterocycles. The fraction of sp³-hybridized carbons (Fsp3) is 0.348. The standard InChI is InChI=1S/C23H19ClN4O5/c1-11-4-7-15-13(9-11)23(22(31)25-15)19-18(16-3-2-8-26(16)23)20(29)27(21(19)30)12-5-6-14(24)17(10-12)28(32)33/h4-7,9-10,16,18-19H,2-3,8H2,1H3,(H,25,31)/t16-,18-,19+,23+/m1/s1. The lowest BCUT2D eigenvalue weighted by atomic mass is 9.75. The van der Waals surface area contributed by atoms with E-state index < -0.39 is 34.1 Å². The lowest BCUT2D eigenvalue weighted by Gasteiger charge is -2.36. The van der Waals surface area contributed by atoms with Crippen LogP contribution in [0.1, 0.15) is 24.0 Å². The van der Waals surface area contributed by atoms with Crippen LogP contribution >= 0.6 is 11.6 Å².